The van der Waals surface area contributed by atoms with Crippen LogP contribution < -0.4 is 0 Å². The second-order valence-corrected chi connectivity index (χ2v) is 6.11. The third kappa shape index (κ3) is 2.94. The van der Waals surface area contributed by atoms with Crippen LogP contribution in [-0.4, -0.2) is 62.2 Å². The summed E-state index contributed by atoms with van der Waals surface area (Å²) in [5.41, 5.74) is 2.94. The summed E-state index contributed by atoms with van der Waals surface area (Å²) >= 11 is 0. The molecule has 1 N–H and O–H groups in total. The van der Waals surface area contributed by atoms with Gasteiger partial charge >= 0.3 is 6.09 Å². The summed E-state index contributed by atoms with van der Waals surface area (Å²) in [6.07, 6.45) is -0.966. The molecule has 1 unspecified atom stereocenters. The van der Waals surface area contributed by atoms with E-state index in [0.717, 1.165) is 16.6 Å². The molecule has 25 heavy (non-hydrogen) atoms. The number of fused-ring (bicyclic) bond motifs is 1. The lowest BCUT2D eigenvalue weighted by atomic mass is 10.1. The van der Waals surface area contributed by atoms with Gasteiger partial charge in [-0.15, -0.1) is 5.10 Å². The lowest BCUT2D eigenvalue weighted by molar-refractivity contribution is 0.0731. The maximum atomic E-state index is 11.2. The zero-order valence-electron chi connectivity index (χ0n) is 13.7. The number of hydrogen-bond donors (Lipinski definition) is 1. The van der Waals surface area contributed by atoms with Gasteiger partial charge in [-0.05, 0) is 17.7 Å². The van der Waals surface area contributed by atoms with Gasteiger partial charge < -0.3 is 10.0 Å². The predicted octanol–water partition coefficient (Wildman–Crippen LogP) is 2.27. The van der Waals surface area contributed by atoms with Crippen molar-refractivity contribution in [2.24, 2.45) is 0 Å². The molecular formula is C18H19N5O2. The van der Waals surface area contributed by atoms with Crippen LogP contribution >= 0.6 is 0 Å². The van der Waals surface area contributed by atoms with Gasteiger partial charge in [-0.1, -0.05) is 47.7 Å². The highest BCUT2D eigenvalue weighted by atomic mass is 16.4. The normalized spacial score (nSPS) is 16.9. The van der Waals surface area contributed by atoms with E-state index in [4.69, 9.17) is 0 Å². The van der Waals surface area contributed by atoms with Crippen molar-refractivity contribution < 1.29 is 9.90 Å². The highest BCUT2D eigenvalue weighted by Gasteiger charge is 2.29. The Hall–Kier alpha value is -2.93. The molecule has 1 aromatic heterocycles. The monoisotopic (exact) mass is 337 g/mol. The third-order valence-corrected chi connectivity index (χ3v) is 4.64. The Labute approximate surface area is 145 Å². The van der Waals surface area contributed by atoms with Gasteiger partial charge in [0.2, 0.25) is 0 Å². The molecule has 1 amide bonds. The highest BCUT2D eigenvalue weighted by Crippen LogP contribution is 2.26. The molecule has 2 heterocycles. The summed E-state index contributed by atoms with van der Waals surface area (Å²) in [6.45, 7) is 2.29. The molecule has 0 spiro atoms. The minimum Gasteiger partial charge on any atom is -0.465 e. The van der Waals surface area contributed by atoms with E-state index in [0.29, 0.717) is 26.2 Å². The number of benzene rings is 2. The van der Waals surface area contributed by atoms with Crippen molar-refractivity contribution in [3.05, 3.63) is 60.2 Å². The highest BCUT2D eigenvalue weighted by molar-refractivity contribution is 5.74. The molecule has 4 rings (SSSR count). The van der Waals surface area contributed by atoms with Crippen LogP contribution in [0.3, 0.4) is 0 Å². The molecule has 7 heteroatoms. The molecule has 1 fully saturated rings. The second-order valence-electron chi connectivity index (χ2n) is 6.11. The van der Waals surface area contributed by atoms with Crippen molar-refractivity contribution >= 4 is 17.1 Å². The maximum absolute atomic E-state index is 11.2. The number of rotatable bonds is 3. The van der Waals surface area contributed by atoms with Crippen molar-refractivity contribution in [1.82, 2.24) is 24.8 Å². The quantitative estimate of drug-likeness (QED) is 0.793. The minimum absolute atomic E-state index is 0.107. The summed E-state index contributed by atoms with van der Waals surface area (Å²) < 4.78 is 1.93. The zero-order valence-corrected chi connectivity index (χ0v) is 13.7. The number of carboxylic acid groups (broad SMARTS) is 1. The molecule has 0 saturated carbocycles. The van der Waals surface area contributed by atoms with E-state index in [2.05, 4.69) is 27.3 Å². The SMILES string of the molecule is O=C(O)N1CCN(C(c2ccccc2)n2nnc3ccccc32)CC1. The van der Waals surface area contributed by atoms with Crippen molar-refractivity contribution in [3.63, 3.8) is 0 Å². The fraction of sp³-hybridized carbons (Fsp3) is 0.278. The smallest absolute Gasteiger partial charge is 0.407 e. The first-order valence-electron chi connectivity index (χ1n) is 8.31. The van der Waals surface area contributed by atoms with E-state index >= 15 is 0 Å². The fourth-order valence-corrected chi connectivity index (χ4v) is 3.36. The Morgan fingerprint density at radius 3 is 2.36 bits per heavy atom. The molecule has 0 radical (unpaired) electrons. The Kier molecular flexibility index (Phi) is 4.07. The largest absolute Gasteiger partial charge is 0.465 e. The van der Waals surface area contributed by atoms with Gasteiger partial charge in [-0.3, -0.25) is 4.90 Å². The molecule has 3 aromatic rings. The summed E-state index contributed by atoms with van der Waals surface area (Å²) in [7, 11) is 0. The first-order chi connectivity index (χ1) is 12.2. The molecule has 128 valence electrons. The lowest BCUT2D eigenvalue weighted by Crippen LogP contribution is -2.50. The number of para-hydroxylation sites is 1. The van der Waals surface area contributed by atoms with E-state index in [1.54, 1.807) is 0 Å². The number of nitrogens with zero attached hydrogens (tertiary/aromatic N) is 5. The van der Waals surface area contributed by atoms with E-state index < -0.39 is 6.09 Å². The Morgan fingerprint density at radius 2 is 1.64 bits per heavy atom. The van der Waals surface area contributed by atoms with Crippen molar-refractivity contribution in [1.29, 1.82) is 0 Å². The topological polar surface area (TPSA) is 74.5 Å². The van der Waals surface area contributed by atoms with Gasteiger partial charge in [-0.2, -0.15) is 0 Å². The minimum atomic E-state index is -0.859. The van der Waals surface area contributed by atoms with E-state index in [-0.39, 0.29) is 6.17 Å². The lowest BCUT2D eigenvalue weighted by Gasteiger charge is -2.38. The van der Waals surface area contributed by atoms with Crippen LogP contribution in [0.1, 0.15) is 11.7 Å². The molecule has 1 saturated heterocycles. The summed E-state index contributed by atoms with van der Waals surface area (Å²) in [5, 5.41) is 17.9. The average molecular weight is 337 g/mol. The zero-order chi connectivity index (χ0) is 17.2. The van der Waals surface area contributed by atoms with Gasteiger partial charge in [0, 0.05) is 26.2 Å². The van der Waals surface area contributed by atoms with Crippen LogP contribution in [0.5, 0.6) is 0 Å². The Balaban J connectivity index is 1.72. The molecule has 0 bridgehead atoms. The second kappa shape index (κ2) is 6.52. The van der Waals surface area contributed by atoms with Gasteiger partial charge in [0.05, 0.1) is 5.52 Å². The molecule has 7 nitrogen and oxygen atoms in total. The van der Waals surface area contributed by atoms with E-state index in [1.165, 1.54) is 4.90 Å². The first-order valence-corrected chi connectivity index (χ1v) is 8.31. The van der Waals surface area contributed by atoms with Crippen molar-refractivity contribution in [3.8, 4) is 0 Å². The molecular weight excluding hydrogens is 318 g/mol. The Bertz CT molecular complexity index is 871. The van der Waals surface area contributed by atoms with Crippen LogP contribution in [0.25, 0.3) is 11.0 Å². The van der Waals surface area contributed by atoms with Gasteiger partial charge in [-0.25, -0.2) is 9.48 Å². The van der Waals surface area contributed by atoms with Crippen molar-refractivity contribution in [2.45, 2.75) is 6.17 Å². The summed E-state index contributed by atoms with van der Waals surface area (Å²) in [6, 6.07) is 18.0. The van der Waals surface area contributed by atoms with Gasteiger partial charge in [0.25, 0.3) is 0 Å². The maximum Gasteiger partial charge on any atom is 0.407 e. The number of hydrogen-bond acceptors (Lipinski definition) is 4. The number of aromatic nitrogens is 3. The number of piperazine rings is 1. The van der Waals surface area contributed by atoms with Crippen LogP contribution in [0.2, 0.25) is 0 Å². The van der Waals surface area contributed by atoms with Crippen molar-refractivity contribution in [2.75, 3.05) is 26.2 Å². The van der Waals surface area contributed by atoms with E-state index in [9.17, 15) is 9.90 Å². The Morgan fingerprint density at radius 1 is 0.960 bits per heavy atom. The van der Waals surface area contributed by atoms with Gasteiger partial charge in [0.15, 0.2) is 0 Å². The van der Waals surface area contributed by atoms with Crippen LogP contribution in [0.15, 0.2) is 54.6 Å². The van der Waals surface area contributed by atoms with Gasteiger partial charge in [0.1, 0.15) is 11.7 Å². The number of carbonyl (C=O) groups is 1. The molecule has 2 aromatic carbocycles. The molecule has 1 atom stereocenters. The third-order valence-electron chi connectivity index (χ3n) is 4.64. The fourth-order valence-electron chi connectivity index (χ4n) is 3.36. The number of amides is 1. The summed E-state index contributed by atoms with van der Waals surface area (Å²) in [4.78, 5) is 14.9. The average Bonchev–Trinajstić information content (AvgIpc) is 3.07. The standard InChI is InChI=1S/C18H19N5O2/c24-18(25)22-12-10-21(11-13-22)17(14-6-2-1-3-7-14)23-16-9-5-4-8-15(16)19-20-23/h1-9,17H,10-13H2,(H,24,25). The predicted molar refractivity (Wildman–Crippen MR) is 93.3 cm³/mol. The van der Waals surface area contributed by atoms with E-state index in [1.807, 2.05) is 47.1 Å². The first kappa shape index (κ1) is 15.6. The van der Waals surface area contributed by atoms with Crippen LogP contribution in [0, 0.1) is 0 Å². The molecule has 1 aliphatic heterocycles. The molecule has 0 aliphatic carbocycles. The van der Waals surface area contributed by atoms with Crippen LogP contribution in [0.4, 0.5) is 4.79 Å². The summed E-state index contributed by atoms with van der Waals surface area (Å²) in [5.74, 6) is 0. The van der Waals surface area contributed by atoms with Crippen LogP contribution in [-0.2, 0) is 0 Å². The molecule has 1 aliphatic rings.